The molecule has 26 heavy (non-hydrogen) atoms. The third-order valence-corrected chi connectivity index (χ3v) is 6.20. The standard InChI is InChI=1S/C19H22BrN3O2S/c1-14-5-3-4-6-15(14)22-9-11-23(12-10-22)18(24)13-21(2)19(25)16-7-8-17(20)26-16/h3-8H,9-13H2,1-2H3. The second-order valence-corrected chi connectivity index (χ2v) is 8.88. The van der Waals surface area contributed by atoms with Gasteiger partial charge in [-0.2, -0.15) is 0 Å². The third kappa shape index (κ3) is 4.27. The first-order chi connectivity index (χ1) is 12.5. The monoisotopic (exact) mass is 435 g/mol. The molecule has 1 aliphatic heterocycles. The number of carbonyl (C=O) groups excluding carboxylic acids is 2. The highest BCUT2D eigenvalue weighted by molar-refractivity contribution is 9.11. The van der Waals surface area contributed by atoms with Gasteiger partial charge in [0.25, 0.3) is 5.91 Å². The van der Waals surface area contributed by atoms with E-state index in [4.69, 9.17) is 0 Å². The summed E-state index contributed by atoms with van der Waals surface area (Å²) in [6, 6.07) is 11.9. The number of para-hydroxylation sites is 1. The number of rotatable bonds is 4. The zero-order valence-electron chi connectivity index (χ0n) is 14.9. The summed E-state index contributed by atoms with van der Waals surface area (Å²) in [5.74, 6) is -0.117. The van der Waals surface area contributed by atoms with E-state index in [1.165, 1.54) is 27.5 Å². The van der Waals surface area contributed by atoms with Gasteiger partial charge in [-0.3, -0.25) is 9.59 Å². The topological polar surface area (TPSA) is 43.9 Å². The van der Waals surface area contributed by atoms with Gasteiger partial charge in [-0.05, 0) is 46.6 Å². The minimum absolute atomic E-state index is 0.000838. The van der Waals surface area contributed by atoms with Gasteiger partial charge in [-0.1, -0.05) is 18.2 Å². The van der Waals surface area contributed by atoms with E-state index in [1.807, 2.05) is 23.1 Å². The van der Waals surface area contributed by atoms with Crippen LogP contribution < -0.4 is 4.90 Å². The lowest BCUT2D eigenvalue weighted by Gasteiger charge is -2.37. The largest absolute Gasteiger partial charge is 0.368 e. The number of amides is 2. The fourth-order valence-electron chi connectivity index (χ4n) is 3.11. The zero-order chi connectivity index (χ0) is 18.7. The van der Waals surface area contributed by atoms with Crippen LogP contribution in [0.2, 0.25) is 0 Å². The molecule has 5 nitrogen and oxygen atoms in total. The lowest BCUT2D eigenvalue weighted by atomic mass is 10.1. The number of carbonyl (C=O) groups is 2. The Labute approximate surface area is 166 Å². The van der Waals surface area contributed by atoms with Crippen LogP contribution in [0.25, 0.3) is 0 Å². The number of aryl methyl sites for hydroxylation is 1. The molecule has 1 aromatic carbocycles. The van der Waals surface area contributed by atoms with E-state index in [-0.39, 0.29) is 18.4 Å². The second-order valence-electron chi connectivity index (χ2n) is 6.42. The molecule has 0 bridgehead atoms. The molecule has 1 aliphatic rings. The summed E-state index contributed by atoms with van der Waals surface area (Å²) in [6.07, 6.45) is 0. The first-order valence-corrected chi connectivity index (χ1v) is 10.2. The van der Waals surface area contributed by atoms with Gasteiger partial charge in [-0.25, -0.2) is 0 Å². The Kier molecular flexibility index (Phi) is 5.98. The van der Waals surface area contributed by atoms with Crippen molar-refractivity contribution in [2.75, 3.05) is 44.7 Å². The molecular weight excluding hydrogens is 414 g/mol. The lowest BCUT2D eigenvalue weighted by Crippen LogP contribution is -2.51. The Morgan fingerprint density at radius 1 is 1.12 bits per heavy atom. The van der Waals surface area contributed by atoms with Crippen molar-refractivity contribution in [1.29, 1.82) is 0 Å². The molecule has 2 amide bonds. The number of nitrogens with zero attached hydrogens (tertiary/aromatic N) is 3. The zero-order valence-corrected chi connectivity index (χ0v) is 17.3. The van der Waals surface area contributed by atoms with E-state index in [1.54, 1.807) is 13.1 Å². The summed E-state index contributed by atoms with van der Waals surface area (Å²) in [5.41, 5.74) is 2.48. The molecule has 0 unspecified atom stereocenters. The Morgan fingerprint density at radius 2 is 1.81 bits per heavy atom. The number of likely N-dealkylation sites (N-methyl/N-ethyl adjacent to an activating group) is 1. The van der Waals surface area contributed by atoms with Crippen LogP contribution in [-0.4, -0.2) is 61.4 Å². The Balaban J connectivity index is 1.53. The molecule has 3 rings (SSSR count). The summed E-state index contributed by atoms with van der Waals surface area (Å²) in [7, 11) is 1.68. The van der Waals surface area contributed by atoms with Gasteiger partial charge in [0.2, 0.25) is 5.91 Å². The van der Waals surface area contributed by atoms with Crippen molar-refractivity contribution in [3.05, 3.63) is 50.6 Å². The first-order valence-electron chi connectivity index (χ1n) is 8.55. The maximum Gasteiger partial charge on any atom is 0.264 e. The number of hydrogen-bond acceptors (Lipinski definition) is 4. The molecule has 0 spiro atoms. The summed E-state index contributed by atoms with van der Waals surface area (Å²) < 4.78 is 0.910. The summed E-state index contributed by atoms with van der Waals surface area (Å²) in [6.45, 7) is 5.20. The number of piperazine rings is 1. The quantitative estimate of drug-likeness (QED) is 0.740. The minimum atomic E-state index is -0.118. The van der Waals surface area contributed by atoms with Crippen LogP contribution in [0.5, 0.6) is 0 Å². The van der Waals surface area contributed by atoms with Crippen molar-refractivity contribution in [3.8, 4) is 0 Å². The van der Waals surface area contributed by atoms with Crippen molar-refractivity contribution in [2.24, 2.45) is 0 Å². The van der Waals surface area contributed by atoms with Gasteiger partial charge in [0, 0.05) is 38.9 Å². The van der Waals surface area contributed by atoms with Crippen molar-refractivity contribution >= 4 is 44.8 Å². The normalized spacial score (nSPS) is 14.4. The molecule has 138 valence electrons. The third-order valence-electron chi connectivity index (χ3n) is 4.59. The van der Waals surface area contributed by atoms with Crippen LogP contribution in [-0.2, 0) is 4.79 Å². The second kappa shape index (κ2) is 8.22. The lowest BCUT2D eigenvalue weighted by molar-refractivity contribution is -0.131. The molecular formula is C19H22BrN3O2S. The Bertz CT molecular complexity index is 800. The maximum absolute atomic E-state index is 12.6. The Hall–Kier alpha value is -1.86. The van der Waals surface area contributed by atoms with Crippen LogP contribution >= 0.6 is 27.3 Å². The van der Waals surface area contributed by atoms with Crippen LogP contribution in [0.4, 0.5) is 5.69 Å². The smallest absolute Gasteiger partial charge is 0.264 e. The first kappa shape index (κ1) is 18.9. The molecule has 1 aromatic heterocycles. The molecule has 2 aromatic rings. The predicted octanol–water partition coefficient (Wildman–Crippen LogP) is 3.24. The van der Waals surface area contributed by atoms with E-state index in [9.17, 15) is 9.59 Å². The molecule has 0 N–H and O–H groups in total. The van der Waals surface area contributed by atoms with Crippen molar-refractivity contribution in [2.45, 2.75) is 6.92 Å². The van der Waals surface area contributed by atoms with E-state index >= 15 is 0 Å². The van der Waals surface area contributed by atoms with E-state index < -0.39 is 0 Å². The highest BCUT2D eigenvalue weighted by Crippen LogP contribution is 2.23. The average molecular weight is 436 g/mol. The number of thiophene rings is 1. The van der Waals surface area contributed by atoms with Gasteiger partial charge >= 0.3 is 0 Å². The Morgan fingerprint density at radius 3 is 2.42 bits per heavy atom. The van der Waals surface area contributed by atoms with Crippen LogP contribution in [0.1, 0.15) is 15.2 Å². The van der Waals surface area contributed by atoms with Gasteiger partial charge in [0.15, 0.2) is 0 Å². The fourth-order valence-corrected chi connectivity index (χ4v) is 4.49. The maximum atomic E-state index is 12.6. The van der Waals surface area contributed by atoms with Crippen LogP contribution in [0.15, 0.2) is 40.2 Å². The van der Waals surface area contributed by atoms with E-state index in [2.05, 4.69) is 39.9 Å². The summed E-state index contributed by atoms with van der Waals surface area (Å²) >= 11 is 4.74. The average Bonchev–Trinajstić information content (AvgIpc) is 3.08. The molecule has 1 saturated heterocycles. The number of benzene rings is 1. The van der Waals surface area contributed by atoms with Gasteiger partial charge in [-0.15, -0.1) is 11.3 Å². The van der Waals surface area contributed by atoms with Crippen molar-refractivity contribution < 1.29 is 9.59 Å². The molecule has 0 saturated carbocycles. The van der Waals surface area contributed by atoms with Gasteiger partial charge in [0.05, 0.1) is 15.2 Å². The van der Waals surface area contributed by atoms with Gasteiger partial charge < -0.3 is 14.7 Å². The number of hydrogen-bond donors (Lipinski definition) is 0. The summed E-state index contributed by atoms with van der Waals surface area (Å²) in [5, 5.41) is 0. The molecule has 2 heterocycles. The molecule has 0 aliphatic carbocycles. The molecule has 0 radical (unpaired) electrons. The predicted molar refractivity (Wildman–Crippen MR) is 109 cm³/mol. The molecule has 7 heteroatoms. The van der Waals surface area contributed by atoms with Gasteiger partial charge in [0.1, 0.15) is 0 Å². The number of anilines is 1. The van der Waals surface area contributed by atoms with Crippen LogP contribution in [0.3, 0.4) is 0 Å². The minimum Gasteiger partial charge on any atom is -0.368 e. The van der Waals surface area contributed by atoms with Crippen LogP contribution in [0, 0.1) is 6.92 Å². The van der Waals surface area contributed by atoms with E-state index in [0.717, 1.165) is 16.9 Å². The van der Waals surface area contributed by atoms with Crippen molar-refractivity contribution in [1.82, 2.24) is 9.80 Å². The SMILES string of the molecule is Cc1ccccc1N1CCN(C(=O)CN(C)C(=O)c2ccc(Br)s2)CC1. The molecule has 1 fully saturated rings. The highest BCUT2D eigenvalue weighted by atomic mass is 79.9. The van der Waals surface area contributed by atoms with E-state index in [0.29, 0.717) is 18.0 Å². The number of halogens is 1. The highest BCUT2D eigenvalue weighted by Gasteiger charge is 2.24. The van der Waals surface area contributed by atoms with Crippen molar-refractivity contribution in [3.63, 3.8) is 0 Å². The summed E-state index contributed by atoms with van der Waals surface area (Å²) in [4.78, 5) is 31.3. The fraction of sp³-hybridized carbons (Fsp3) is 0.368. The molecule has 0 atom stereocenters.